The van der Waals surface area contributed by atoms with Crippen molar-refractivity contribution in [3.63, 3.8) is 0 Å². The van der Waals surface area contributed by atoms with Crippen LogP contribution in [0, 0.1) is 0 Å². The van der Waals surface area contributed by atoms with Crippen LogP contribution >= 0.6 is 34.5 Å². The summed E-state index contributed by atoms with van der Waals surface area (Å²) < 4.78 is 12.0. The van der Waals surface area contributed by atoms with Crippen molar-refractivity contribution >= 4 is 55.9 Å². The lowest BCUT2D eigenvalue weighted by Gasteiger charge is -2.39. The van der Waals surface area contributed by atoms with Crippen LogP contribution in [0.5, 0.6) is 0 Å². The number of methoxy groups -OCH3 is 1. The van der Waals surface area contributed by atoms with E-state index in [1.165, 1.54) is 7.11 Å². The molecule has 7 nitrogen and oxygen atoms in total. The Hall–Kier alpha value is -3.43. The second kappa shape index (κ2) is 11.7. The van der Waals surface area contributed by atoms with Gasteiger partial charge in [-0.15, -0.1) is 0 Å². The summed E-state index contributed by atoms with van der Waals surface area (Å²) in [6.07, 6.45) is 6.58. The van der Waals surface area contributed by atoms with Crippen molar-refractivity contribution in [3.05, 3.63) is 87.6 Å². The van der Waals surface area contributed by atoms with Crippen molar-refractivity contribution in [3.8, 4) is 22.4 Å². The summed E-state index contributed by atoms with van der Waals surface area (Å²) >= 11 is 14.8. The monoisotopic (exact) mass is 658 g/mol. The lowest BCUT2D eigenvalue weighted by molar-refractivity contribution is 0.0602. The van der Waals surface area contributed by atoms with Gasteiger partial charge in [0.05, 0.1) is 32.9 Å². The molecule has 2 bridgehead atoms. The highest BCUT2D eigenvalue weighted by Gasteiger charge is 2.42. The average molecular weight is 660 g/mol. The quantitative estimate of drug-likeness (QED) is 0.167. The molecule has 230 valence electrons. The van der Waals surface area contributed by atoms with E-state index in [4.69, 9.17) is 37.4 Å². The van der Waals surface area contributed by atoms with Gasteiger partial charge in [0, 0.05) is 41.7 Å². The zero-order valence-corrected chi connectivity index (χ0v) is 27.1. The molecule has 5 aromatic rings. The van der Waals surface area contributed by atoms with Crippen LogP contribution in [0.2, 0.25) is 10.0 Å². The van der Waals surface area contributed by atoms with E-state index in [-0.39, 0.29) is 5.97 Å². The van der Waals surface area contributed by atoms with Crippen molar-refractivity contribution in [1.82, 2.24) is 15.5 Å². The molecule has 10 heteroatoms. The van der Waals surface area contributed by atoms with E-state index < -0.39 is 0 Å². The van der Waals surface area contributed by atoms with Gasteiger partial charge in [-0.25, -0.2) is 9.78 Å². The minimum absolute atomic E-state index is 0.338. The summed E-state index contributed by atoms with van der Waals surface area (Å²) in [5.41, 5.74) is 5.85. The Morgan fingerprint density at radius 1 is 1.02 bits per heavy atom. The molecule has 1 saturated carbocycles. The molecule has 0 radical (unpaired) electrons. The van der Waals surface area contributed by atoms with Crippen LogP contribution in [0.1, 0.15) is 66.1 Å². The first-order valence-corrected chi connectivity index (χ1v) is 17.1. The van der Waals surface area contributed by atoms with E-state index >= 15 is 0 Å². The minimum Gasteiger partial charge on any atom is -0.465 e. The van der Waals surface area contributed by atoms with Gasteiger partial charge in [0.25, 0.3) is 0 Å². The number of hydrogen-bond acceptors (Lipinski definition) is 8. The van der Waals surface area contributed by atoms with Crippen LogP contribution in [0.4, 0.5) is 5.13 Å². The number of anilines is 1. The number of benzene rings is 3. The molecule has 2 unspecified atom stereocenters. The van der Waals surface area contributed by atoms with Gasteiger partial charge < -0.3 is 19.5 Å². The molecule has 2 aromatic heterocycles. The van der Waals surface area contributed by atoms with Crippen LogP contribution < -0.4 is 10.2 Å². The largest absolute Gasteiger partial charge is 0.465 e. The van der Waals surface area contributed by atoms with Crippen molar-refractivity contribution in [2.45, 2.75) is 69.1 Å². The predicted molar refractivity (Wildman–Crippen MR) is 179 cm³/mol. The minimum atomic E-state index is -0.338. The molecule has 1 N–H and O–H groups in total. The number of fused-ring (bicyclic) bond motifs is 3. The molecule has 8 rings (SSSR count). The second-order valence-electron chi connectivity index (χ2n) is 12.3. The smallest absolute Gasteiger partial charge is 0.338 e. The maximum Gasteiger partial charge on any atom is 0.338 e. The lowest BCUT2D eigenvalue weighted by Crippen LogP contribution is -2.49. The third-order valence-corrected chi connectivity index (χ3v) is 11.2. The number of carbonyl (C=O) groups is 1. The molecule has 2 atom stereocenters. The van der Waals surface area contributed by atoms with Crippen molar-refractivity contribution in [1.29, 1.82) is 0 Å². The Morgan fingerprint density at radius 2 is 1.76 bits per heavy atom. The summed E-state index contributed by atoms with van der Waals surface area (Å²) in [4.78, 5) is 20.4. The van der Waals surface area contributed by atoms with Crippen LogP contribution in [0.3, 0.4) is 0 Å². The van der Waals surface area contributed by atoms with Crippen molar-refractivity contribution in [2.75, 3.05) is 12.0 Å². The van der Waals surface area contributed by atoms with E-state index in [0.717, 1.165) is 87.6 Å². The standard InChI is InChI=1S/C35H32Cl2N4O3S/c1-43-34(42)25-17-30-29(16-24(25)19-6-3-2-4-7-19)39-35(45-30)41-22-12-13-23(41)15-21(14-22)38-18-26-32(40-44-33(26)20-10-11-20)31-27(36)8-5-9-28(31)37/h2-9,16-17,20-23,38H,10-15,18H2,1H3. The summed E-state index contributed by atoms with van der Waals surface area (Å²) in [7, 11) is 1.43. The van der Waals surface area contributed by atoms with Gasteiger partial charge in [-0.3, -0.25) is 0 Å². The van der Waals surface area contributed by atoms with Gasteiger partial charge in [-0.2, -0.15) is 0 Å². The number of rotatable bonds is 8. The second-order valence-corrected chi connectivity index (χ2v) is 14.1. The van der Waals surface area contributed by atoms with Crippen LogP contribution in [-0.2, 0) is 11.3 Å². The number of hydrogen-bond donors (Lipinski definition) is 1. The maximum atomic E-state index is 12.8. The van der Waals surface area contributed by atoms with Gasteiger partial charge in [0.15, 0.2) is 5.13 Å². The zero-order chi connectivity index (χ0) is 30.7. The van der Waals surface area contributed by atoms with E-state index in [1.807, 2.05) is 60.7 Å². The first-order valence-electron chi connectivity index (χ1n) is 15.5. The molecule has 2 aliphatic heterocycles. The van der Waals surface area contributed by atoms with E-state index in [9.17, 15) is 4.79 Å². The normalized spacial score (nSPS) is 21.0. The molecule has 0 amide bonds. The topological polar surface area (TPSA) is 80.5 Å². The van der Waals surface area contributed by atoms with Gasteiger partial charge in [-0.05, 0) is 73.9 Å². The number of ether oxygens (including phenoxy) is 1. The Labute approximate surface area is 275 Å². The predicted octanol–water partition coefficient (Wildman–Crippen LogP) is 8.88. The number of esters is 1. The SMILES string of the molecule is COC(=O)c1cc2sc(N3C4CCC3CC(NCc3c(-c5c(Cl)cccc5Cl)noc3C3CC3)C4)nc2cc1-c1ccccc1. The van der Waals surface area contributed by atoms with Crippen molar-refractivity contribution < 1.29 is 14.1 Å². The Balaban J connectivity index is 1.04. The Bertz CT molecular complexity index is 1870. The van der Waals surface area contributed by atoms with E-state index in [2.05, 4.69) is 15.4 Å². The first-order chi connectivity index (χ1) is 22.0. The van der Waals surface area contributed by atoms with E-state index in [0.29, 0.717) is 46.2 Å². The summed E-state index contributed by atoms with van der Waals surface area (Å²) in [6, 6.07) is 20.6. The number of carbonyl (C=O) groups excluding carboxylic acids is 1. The molecule has 4 heterocycles. The van der Waals surface area contributed by atoms with Crippen molar-refractivity contribution in [2.24, 2.45) is 0 Å². The highest BCUT2D eigenvalue weighted by Crippen LogP contribution is 2.47. The number of halogens is 2. The van der Waals surface area contributed by atoms with Crippen LogP contribution in [0.25, 0.3) is 32.6 Å². The van der Waals surface area contributed by atoms with Gasteiger partial charge >= 0.3 is 5.97 Å². The molecular weight excluding hydrogens is 627 g/mol. The van der Waals surface area contributed by atoms with Gasteiger partial charge in [-0.1, -0.05) is 76.1 Å². The molecule has 3 aliphatic rings. The van der Waals surface area contributed by atoms with Gasteiger partial charge in [0.1, 0.15) is 11.5 Å². The Morgan fingerprint density at radius 3 is 2.44 bits per heavy atom. The first kappa shape index (κ1) is 29.0. The highest BCUT2D eigenvalue weighted by atomic mass is 35.5. The number of thiazole rings is 1. The average Bonchev–Trinajstić information content (AvgIpc) is 3.59. The molecule has 1 aliphatic carbocycles. The van der Waals surface area contributed by atoms with Gasteiger partial charge in [0.2, 0.25) is 0 Å². The number of aromatic nitrogens is 2. The van der Waals surface area contributed by atoms with E-state index in [1.54, 1.807) is 11.3 Å². The summed E-state index contributed by atoms with van der Waals surface area (Å²) in [5.74, 6) is 1.04. The lowest BCUT2D eigenvalue weighted by atomic mass is 9.97. The molecule has 2 saturated heterocycles. The molecular formula is C35H32Cl2N4O3S. The number of nitrogens with one attached hydrogen (secondary N) is 1. The number of piperidine rings is 1. The fourth-order valence-corrected chi connectivity index (χ4v) is 8.90. The third-order valence-electron chi connectivity index (χ3n) is 9.49. The third kappa shape index (κ3) is 5.31. The highest BCUT2D eigenvalue weighted by molar-refractivity contribution is 7.22. The number of nitrogens with zero attached hydrogens (tertiary/aromatic N) is 3. The maximum absolute atomic E-state index is 12.8. The molecule has 3 aromatic carbocycles. The fourth-order valence-electron chi connectivity index (χ4n) is 7.19. The zero-order valence-electron chi connectivity index (χ0n) is 24.8. The molecule has 45 heavy (non-hydrogen) atoms. The summed E-state index contributed by atoms with van der Waals surface area (Å²) in [6.45, 7) is 0.663. The summed E-state index contributed by atoms with van der Waals surface area (Å²) in [5, 5.41) is 10.5. The van der Waals surface area contributed by atoms with Crippen LogP contribution in [-0.4, -0.2) is 41.3 Å². The molecule has 0 spiro atoms. The fraction of sp³-hybridized carbons (Fsp3) is 0.343. The Kier molecular flexibility index (Phi) is 7.56. The van der Waals surface area contributed by atoms with Crippen LogP contribution in [0.15, 0.2) is 65.2 Å². The molecule has 3 fully saturated rings.